The number of anilines is 1. The van der Waals surface area contributed by atoms with Gasteiger partial charge in [-0.15, -0.1) is 11.8 Å². The molecule has 7 heteroatoms. The Kier molecular flexibility index (Phi) is 7.27. The Hall–Kier alpha value is -2.83. The number of amides is 2. The van der Waals surface area contributed by atoms with Gasteiger partial charge < -0.3 is 10.6 Å². The molecule has 0 aliphatic carbocycles. The van der Waals surface area contributed by atoms with E-state index in [1.807, 2.05) is 42.5 Å². The number of rotatable bonds is 7. The molecule has 1 heterocycles. The van der Waals surface area contributed by atoms with E-state index in [2.05, 4.69) is 15.6 Å². The lowest BCUT2D eigenvalue weighted by atomic mass is 10.2. The zero-order valence-corrected chi connectivity index (χ0v) is 17.3. The number of carbonyl (C=O) groups excluding carboxylic acids is 2. The van der Waals surface area contributed by atoms with Crippen LogP contribution in [-0.2, 0) is 10.5 Å². The Morgan fingerprint density at radius 3 is 2.62 bits per heavy atom. The molecule has 2 amide bonds. The van der Waals surface area contributed by atoms with Gasteiger partial charge in [0.05, 0.1) is 15.6 Å². The molecule has 1 aromatic heterocycles. The van der Waals surface area contributed by atoms with Gasteiger partial charge in [0.15, 0.2) is 0 Å². The van der Waals surface area contributed by atoms with Crippen molar-refractivity contribution < 1.29 is 9.59 Å². The first-order valence-corrected chi connectivity index (χ1v) is 10.4. The number of thioether (sulfide) groups is 1. The number of halogens is 1. The zero-order chi connectivity index (χ0) is 20.6. The van der Waals surface area contributed by atoms with Crippen LogP contribution in [0.4, 0.5) is 5.69 Å². The highest BCUT2D eigenvalue weighted by atomic mass is 35.5. The molecule has 5 nitrogen and oxygen atoms in total. The van der Waals surface area contributed by atoms with Crippen LogP contribution in [0.1, 0.15) is 22.8 Å². The van der Waals surface area contributed by atoms with Gasteiger partial charge in [-0.25, -0.2) is 4.98 Å². The first-order valence-electron chi connectivity index (χ1n) is 9.02. The van der Waals surface area contributed by atoms with Crippen LogP contribution in [0.15, 0.2) is 78.0 Å². The molecule has 3 aromatic rings. The third kappa shape index (κ3) is 6.07. The Balaban J connectivity index is 1.57. The third-order valence-electron chi connectivity index (χ3n) is 4.08. The fourth-order valence-electron chi connectivity index (χ4n) is 2.56. The van der Waals surface area contributed by atoms with Crippen LogP contribution in [0.3, 0.4) is 0 Å². The molecular weight excluding hydrogens is 406 g/mol. The van der Waals surface area contributed by atoms with Crippen molar-refractivity contribution in [1.29, 1.82) is 0 Å². The van der Waals surface area contributed by atoms with Crippen molar-refractivity contribution in [3.63, 3.8) is 0 Å². The van der Waals surface area contributed by atoms with Crippen molar-refractivity contribution >= 4 is 40.9 Å². The molecule has 29 heavy (non-hydrogen) atoms. The lowest BCUT2D eigenvalue weighted by Crippen LogP contribution is -2.41. The molecule has 3 rings (SSSR count). The van der Waals surface area contributed by atoms with Crippen LogP contribution in [0.5, 0.6) is 0 Å². The molecular formula is C22H20ClN3O2S. The lowest BCUT2D eigenvalue weighted by Gasteiger charge is -2.15. The average Bonchev–Trinajstić information content (AvgIpc) is 2.73. The SMILES string of the molecule is CC(NC(=O)c1ccccc1Cl)C(=O)Nc1cccc(CSc2ccccn2)c1. The molecule has 0 saturated heterocycles. The highest BCUT2D eigenvalue weighted by molar-refractivity contribution is 7.98. The van der Waals surface area contributed by atoms with Crippen molar-refractivity contribution in [2.24, 2.45) is 0 Å². The van der Waals surface area contributed by atoms with E-state index in [-0.39, 0.29) is 5.91 Å². The maximum Gasteiger partial charge on any atom is 0.253 e. The number of carbonyl (C=O) groups is 2. The first kappa shape index (κ1) is 20.9. The van der Waals surface area contributed by atoms with E-state index in [1.54, 1.807) is 49.1 Å². The number of benzene rings is 2. The molecule has 0 saturated carbocycles. The molecule has 0 spiro atoms. The van der Waals surface area contributed by atoms with Gasteiger partial charge >= 0.3 is 0 Å². The first-order chi connectivity index (χ1) is 14.0. The van der Waals surface area contributed by atoms with Crippen LogP contribution < -0.4 is 10.6 Å². The van der Waals surface area contributed by atoms with E-state index in [0.717, 1.165) is 16.3 Å². The summed E-state index contributed by atoms with van der Waals surface area (Å²) in [5.74, 6) is 0.0400. The molecule has 1 atom stereocenters. The summed E-state index contributed by atoms with van der Waals surface area (Å²) < 4.78 is 0. The van der Waals surface area contributed by atoms with Gasteiger partial charge in [0, 0.05) is 17.6 Å². The Labute approximate surface area is 178 Å². The molecule has 0 bridgehead atoms. The molecule has 0 radical (unpaired) electrons. The lowest BCUT2D eigenvalue weighted by molar-refractivity contribution is -0.117. The summed E-state index contributed by atoms with van der Waals surface area (Å²) in [4.78, 5) is 29.1. The number of aromatic nitrogens is 1. The van der Waals surface area contributed by atoms with Gasteiger partial charge in [-0.2, -0.15) is 0 Å². The molecule has 2 N–H and O–H groups in total. The van der Waals surface area contributed by atoms with Crippen molar-refractivity contribution in [1.82, 2.24) is 10.3 Å². The van der Waals surface area contributed by atoms with Gasteiger partial charge in [-0.3, -0.25) is 9.59 Å². The van der Waals surface area contributed by atoms with Crippen LogP contribution in [-0.4, -0.2) is 22.8 Å². The van der Waals surface area contributed by atoms with Crippen LogP contribution in [0.25, 0.3) is 0 Å². The third-order valence-corrected chi connectivity index (χ3v) is 5.42. The van der Waals surface area contributed by atoms with Gasteiger partial charge in [0.25, 0.3) is 5.91 Å². The minimum absolute atomic E-state index is 0.306. The van der Waals surface area contributed by atoms with Crippen LogP contribution in [0.2, 0.25) is 5.02 Å². The molecule has 0 fully saturated rings. The van der Waals surface area contributed by atoms with E-state index in [1.165, 1.54) is 0 Å². The number of nitrogens with one attached hydrogen (secondary N) is 2. The quantitative estimate of drug-likeness (QED) is 0.534. The van der Waals surface area contributed by atoms with Gasteiger partial charge in [0.1, 0.15) is 6.04 Å². The summed E-state index contributed by atoms with van der Waals surface area (Å²) in [6.45, 7) is 1.63. The normalized spacial score (nSPS) is 11.5. The van der Waals surface area contributed by atoms with Gasteiger partial charge in [-0.05, 0) is 48.9 Å². The fraction of sp³-hybridized carbons (Fsp3) is 0.136. The van der Waals surface area contributed by atoms with E-state index in [9.17, 15) is 9.59 Å². The van der Waals surface area contributed by atoms with E-state index >= 15 is 0 Å². The largest absolute Gasteiger partial charge is 0.340 e. The summed E-state index contributed by atoms with van der Waals surface area (Å²) >= 11 is 7.66. The van der Waals surface area contributed by atoms with Crippen LogP contribution in [0, 0.1) is 0 Å². The van der Waals surface area contributed by atoms with Crippen LogP contribution >= 0.6 is 23.4 Å². The topological polar surface area (TPSA) is 71.1 Å². The summed E-state index contributed by atoms with van der Waals surface area (Å²) in [5, 5.41) is 6.80. The summed E-state index contributed by atoms with van der Waals surface area (Å²) in [6, 6.07) is 19.4. The van der Waals surface area contributed by atoms with Crippen molar-refractivity contribution in [3.8, 4) is 0 Å². The summed E-state index contributed by atoms with van der Waals surface area (Å²) in [7, 11) is 0. The van der Waals surface area contributed by atoms with E-state index in [0.29, 0.717) is 16.3 Å². The molecule has 148 valence electrons. The second-order valence-corrected chi connectivity index (χ2v) is 7.72. The Morgan fingerprint density at radius 2 is 1.86 bits per heavy atom. The maximum atomic E-state index is 12.5. The summed E-state index contributed by atoms with van der Waals surface area (Å²) in [5.41, 5.74) is 2.07. The smallest absolute Gasteiger partial charge is 0.253 e. The maximum absolute atomic E-state index is 12.5. The second kappa shape index (κ2) is 10.1. The highest BCUT2D eigenvalue weighted by Crippen LogP contribution is 2.22. The van der Waals surface area contributed by atoms with Crippen molar-refractivity contribution in [3.05, 3.63) is 89.1 Å². The Bertz CT molecular complexity index is 998. The predicted octanol–water partition coefficient (Wildman–Crippen LogP) is 4.78. The predicted molar refractivity (Wildman–Crippen MR) is 117 cm³/mol. The minimum atomic E-state index is -0.717. The number of pyridine rings is 1. The standard InChI is InChI=1S/C22H20ClN3O2S/c1-15(25-22(28)18-9-2-3-10-19(18)23)21(27)26-17-8-6-7-16(13-17)14-29-20-11-4-5-12-24-20/h2-13,15H,14H2,1H3,(H,25,28)(H,26,27). The molecule has 0 aliphatic heterocycles. The monoisotopic (exact) mass is 425 g/mol. The second-order valence-electron chi connectivity index (χ2n) is 6.32. The van der Waals surface area contributed by atoms with E-state index < -0.39 is 11.9 Å². The van der Waals surface area contributed by atoms with Crippen molar-refractivity contribution in [2.75, 3.05) is 5.32 Å². The summed E-state index contributed by atoms with van der Waals surface area (Å²) in [6.07, 6.45) is 1.76. The Morgan fingerprint density at radius 1 is 1.07 bits per heavy atom. The number of nitrogens with zero attached hydrogens (tertiary/aromatic N) is 1. The van der Waals surface area contributed by atoms with E-state index in [4.69, 9.17) is 11.6 Å². The van der Waals surface area contributed by atoms with Gasteiger partial charge in [-0.1, -0.05) is 41.9 Å². The van der Waals surface area contributed by atoms with Gasteiger partial charge in [0.2, 0.25) is 5.91 Å². The molecule has 2 aromatic carbocycles. The average molecular weight is 426 g/mol. The zero-order valence-electron chi connectivity index (χ0n) is 15.8. The molecule has 1 unspecified atom stereocenters. The number of hydrogen-bond acceptors (Lipinski definition) is 4. The highest BCUT2D eigenvalue weighted by Gasteiger charge is 2.18. The van der Waals surface area contributed by atoms with Crippen molar-refractivity contribution in [2.45, 2.75) is 23.7 Å². The molecule has 0 aliphatic rings. The minimum Gasteiger partial charge on any atom is -0.340 e. The fourth-order valence-corrected chi connectivity index (χ4v) is 3.59. The number of hydrogen-bond donors (Lipinski definition) is 2.